The fourth-order valence-electron chi connectivity index (χ4n) is 3.56. The Balaban J connectivity index is 1.76. The van der Waals surface area contributed by atoms with Crippen LogP contribution in [0.4, 0.5) is 0 Å². The highest BCUT2D eigenvalue weighted by Crippen LogP contribution is 2.53. The van der Waals surface area contributed by atoms with Crippen molar-refractivity contribution in [2.45, 2.75) is 24.3 Å². The summed E-state index contributed by atoms with van der Waals surface area (Å²) >= 11 is 0. The molecule has 0 radical (unpaired) electrons. The molecule has 2 aliphatic carbocycles. The normalized spacial score (nSPS) is 18.0. The minimum Gasteiger partial charge on any atom is -0.243 e. The van der Waals surface area contributed by atoms with Gasteiger partial charge < -0.3 is 0 Å². The third kappa shape index (κ3) is 2.85. The standard InChI is InChI=1S/C20H17N3O2S/c21-12-14-2-4-15(5-3-14)17-10-20(8-1-9-20)11-18(17)16-6-7-19(23-13-16)26(22,24)25/h2-7,10-11,13H,1,8-9H2,(H2,22,24,25). The van der Waals surface area contributed by atoms with E-state index < -0.39 is 10.0 Å². The number of hydrogen-bond donors (Lipinski definition) is 1. The summed E-state index contributed by atoms with van der Waals surface area (Å²) in [6.45, 7) is 0. The summed E-state index contributed by atoms with van der Waals surface area (Å²) in [7, 11) is -3.81. The van der Waals surface area contributed by atoms with Gasteiger partial charge in [0.25, 0.3) is 10.0 Å². The molecule has 2 aromatic rings. The fraction of sp³-hybridized carbons (Fsp3) is 0.200. The average molecular weight is 363 g/mol. The summed E-state index contributed by atoms with van der Waals surface area (Å²) in [5.41, 5.74) is 4.74. The predicted molar refractivity (Wildman–Crippen MR) is 99.0 cm³/mol. The van der Waals surface area contributed by atoms with E-state index >= 15 is 0 Å². The van der Waals surface area contributed by atoms with Crippen molar-refractivity contribution in [1.82, 2.24) is 4.98 Å². The molecule has 1 aromatic carbocycles. The molecule has 26 heavy (non-hydrogen) atoms. The molecule has 0 unspecified atom stereocenters. The molecule has 1 spiro atoms. The molecule has 1 aromatic heterocycles. The molecule has 1 fully saturated rings. The van der Waals surface area contributed by atoms with Crippen LogP contribution in [0.1, 0.15) is 36.0 Å². The number of allylic oxidation sites excluding steroid dienone is 4. The van der Waals surface area contributed by atoms with Crippen molar-refractivity contribution in [2.24, 2.45) is 10.6 Å². The Hall–Kier alpha value is -2.75. The molecule has 2 N–H and O–H groups in total. The van der Waals surface area contributed by atoms with E-state index in [0.29, 0.717) is 5.56 Å². The molecule has 6 heteroatoms. The fourth-order valence-corrected chi connectivity index (χ4v) is 4.01. The first kappa shape index (κ1) is 16.7. The summed E-state index contributed by atoms with van der Waals surface area (Å²) < 4.78 is 22.9. The monoisotopic (exact) mass is 363 g/mol. The SMILES string of the molecule is N#Cc1ccc(C2=CC3(C=C2c2ccc(S(N)(=O)=O)nc2)CCC3)cc1. The minimum absolute atomic E-state index is 0.0805. The number of nitriles is 1. The smallest absolute Gasteiger partial charge is 0.243 e. The first-order chi connectivity index (χ1) is 12.4. The summed E-state index contributed by atoms with van der Waals surface area (Å²) in [6.07, 6.45) is 9.53. The second-order valence-corrected chi connectivity index (χ2v) is 8.33. The number of nitrogens with two attached hydrogens (primary N) is 1. The van der Waals surface area contributed by atoms with E-state index in [-0.39, 0.29) is 10.4 Å². The van der Waals surface area contributed by atoms with Crippen molar-refractivity contribution >= 4 is 21.2 Å². The lowest BCUT2D eigenvalue weighted by molar-refractivity contribution is 0.282. The number of pyridine rings is 1. The lowest BCUT2D eigenvalue weighted by Crippen LogP contribution is -2.22. The molecule has 0 aliphatic heterocycles. The Morgan fingerprint density at radius 2 is 1.62 bits per heavy atom. The number of nitrogens with zero attached hydrogens (tertiary/aromatic N) is 2. The van der Waals surface area contributed by atoms with Crippen LogP contribution in [0.2, 0.25) is 0 Å². The maximum atomic E-state index is 11.4. The third-order valence-corrected chi connectivity index (χ3v) is 5.93. The van der Waals surface area contributed by atoms with Gasteiger partial charge >= 0.3 is 0 Å². The highest BCUT2D eigenvalue weighted by molar-refractivity contribution is 7.89. The van der Waals surface area contributed by atoms with Crippen LogP contribution in [0.15, 0.2) is 59.8 Å². The van der Waals surface area contributed by atoms with Gasteiger partial charge in [-0.25, -0.2) is 18.5 Å². The lowest BCUT2D eigenvalue weighted by Gasteiger charge is -2.34. The van der Waals surface area contributed by atoms with E-state index in [4.69, 9.17) is 10.4 Å². The van der Waals surface area contributed by atoms with Crippen molar-refractivity contribution in [3.63, 3.8) is 0 Å². The number of sulfonamides is 1. The molecular formula is C20H17N3O2S. The Labute approximate surface area is 152 Å². The van der Waals surface area contributed by atoms with Crippen molar-refractivity contribution in [3.8, 4) is 6.07 Å². The van der Waals surface area contributed by atoms with E-state index in [0.717, 1.165) is 35.1 Å². The van der Waals surface area contributed by atoms with E-state index in [2.05, 4.69) is 23.2 Å². The van der Waals surface area contributed by atoms with Gasteiger partial charge in [0.1, 0.15) is 0 Å². The van der Waals surface area contributed by atoms with Gasteiger partial charge in [-0.3, -0.25) is 0 Å². The van der Waals surface area contributed by atoms with Crippen molar-refractivity contribution in [2.75, 3.05) is 0 Å². The van der Waals surface area contributed by atoms with Crippen molar-refractivity contribution in [3.05, 3.63) is 71.4 Å². The zero-order valence-electron chi connectivity index (χ0n) is 14.0. The van der Waals surface area contributed by atoms with Gasteiger partial charge in [0, 0.05) is 17.2 Å². The summed E-state index contributed by atoms with van der Waals surface area (Å²) in [5, 5.41) is 14.0. The van der Waals surface area contributed by atoms with E-state index in [1.54, 1.807) is 12.3 Å². The molecule has 4 rings (SSSR count). The first-order valence-corrected chi connectivity index (χ1v) is 9.91. The Kier molecular flexibility index (Phi) is 3.79. The average Bonchev–Trinajstić information content (AvgIpc) is 3.03. The third-order valence-electron chi connectivity index (χ3n) is 5.10. The molecule has 0 atom stereocenters. The summed E-state index contributed by atoms with van der Waals surface area (Å²) in [6, 6.07) is 12.8. The van der Waals surface area contributed by atoms with Crippen LogP contribution < -0.4 is 5.14 Å². The Bertz CT molecular complexity index is 1070. The molecule has 1 heterocycles. The molecule has 0 bridgehead atoms. The van der Waals surface area contributed by atoms with Gasteiger partial charge in [-0.1, -0.05) is 30.7 Å². The second kappa shape index (κ2) is 5.90. The second-order valence-electron chi connectivity index (χ2n) is 6.82. The largest absolute Gasteiger partial charge is 0.255 e. The van der Waals surface area contributed by atoms with Crippen LogP contribution in [0, 0.1) is 16.7 Å². The number of rotatable bonds is 3. The molecular weight excluding hydrogens is 346 g/mol. The van der Waals surface area contributed by atoms with Crippen LogP contribution in [0.3, 0.4) is 0 Å². The van der Waals surface area contributed by atoms with Gasteiger partial charge in [0.2, 0.25) is 0 Å². The van der Waals surface area contributed by atoms with Gasteiger partial charge in [0.05, 0.1) is 11.6 Å². The van der Waals surface area contributed by atoms with Crippen LogP contribution in [-0.4, -0.2) is 13.4 Å². The van der Waals surface area contributed by atoms with Crippen LogP contribution in [-0.2, 0) is 10.0 Å². The van der Waals surface area contributed by atoms with E-state index in [9.17, 15) is 8.42 Å². The quantitative estimate of drug-likeness (QED) is 0.905. The molecule has 2 aliphatic rings. The minimum atomic E-state index is -3.81. The Morgan fingerprint density at radius 1 is 1.00 bits per heavy atom. The topological polar surface area (TPSA) is 96.8 Å². The lowest BCUT2D eigenvalue weighted by atomic mass is 9.70. The Morgan fingerprint density at radius 3 is 2.08 bits per heavy atom. The van der Waals surface area contributed by atoms with Crippen LogP contribution >= 0.6 is 0 Å². The van der Waals surface area contributed by atoms with Gasteiger partial charge in [-0.15, -0.1) is 0 Å². The first-order valence-electron chi connectivity index (χ1n) is 8.36. The molecule has 1 saturated carbocycles. The van der Waals surface area contributed by atoms with E-state index in [1.807, 2.05) is 24.3 Å². The van der Waals surface area contributed by atoms with Crippen molar-refractivity contribution < 1.29 is 8.42 Å². The zero-order valence-corrected chi connectivity index (χ0v) is 14.8. The number of hydrogen-bond acceptors (Lipinski definition) is 4. The molecule has 0 amide bonds. The predicted octanol–water partition coefficient (Wildman–Crippen LogP) is 3.25. The number of benzene rings is 1. The highest BCUT2D eigenvalue weighted by Gasteiger charge is 2.38. The van der Waals surface area contributed by atoms with Gasteiger partial charge in [0.15, 0.2) is 5.03 Å². The van der Waals surface area contributed by atoms with Crippen molar-refractivity contribution in [1.29, 1.82) is 5.26 Å². The zero-order chi connectivity index (χ0) is 18.4. The number of primary sulfonamides is 1. The van der Waals surface area contributed by atoms with Crippen LogP contribution in [0.5, 0.6) is 0 Å². The van der Waals surface area contributed by atoms with Gasteiger partial charge in [-0.05, 0) is 53.8 Å². The molecule has 130 valence electrons. The van der Waals surface area contributed by atoms with Gasteiger partial charge in [-0.2, -0.15) is 5.26 Å². The van der Waals surface area contributed by atoms with E-state index in [1.165, 1.54) is 12.5 Å². The maximum Gasteiger partial charge on any atom is 0.255 e. The number of aromatic nitrogens is 1. The highest BCUT2D eigenvalue weighted by atomic mass is 32.2. The summed E-state index contributed by atoms with van der Waals surface area (Å²) in [4.78, 5) is 4.02. The maximum absolute atomic E-state index is 11.4. The molecule has 5 nitrogen and oxygen atoms in total. The molecule has 0 saturated heterocycles. The summed E-state index contributed by atoms with van der Waals surface area (Å²) in [5.74, 6) is 0. The van der Waals surface area contributed by atoms with Crippen LogP contribution in [0.25, 0.3) is 11.1 Å².